The summed E-state index contributed by atoms with van der Waals surface area (Å²) in [5.41, 5.74) is 1.74. The number of ether oxygens (including phenoxy) is 1. The lowest BCUT2D eigenvalue weighted by Gasteiger charge is -2.13. The van der Waals surface area contributed by atoms with E-state index in [-0.39, 0.29) is 12.0 Å². The summed E-state index contributed by atoms with van der Waals surface area (Å²) in [5.74, 6) is 0.558. The topological polar surface area (TPSA) is 71.7 Å². The lowest BCUT2D eigenvalue weighted by molar-refractivity contribution is 0.106. The van der Waals surface area contributed by atoms with E-state index in [0.29, 0.717) is 28.8 Å². The van der Waals surface area contributed by atoms with Crippen LogP contribution < -0.4 is 15.5 Å². The first kappa shape index (κ1) is 18.2. The minimum atomic E-state index is -0.593. The van der Waals surface area contributed by atoms with Gasteiger partial charge in [0, 0.05) is 12.6 Å². The largest absolute Gasteiger partial charge is 0.491 e. The van der Waals surface area contributed by atoms with Crippen LogP contribution in [-0.4, -0.2) is 30.9 Å². The predicted molar refractivity (Wildman–Crippen MR) is 103 cm³/mol. The summed E-state index contributed by atoms with van der Waals surface area (Å²) in [7, 11) is 0. The standard InChI is InChI=1S/C21H23NO4/c1-2-10-22-12-16(23)13-25-17-8-9-18-20(11-17)26-14-19(21(18)24)15-6-4-3-5-7-15/h3-9,11,14,16,22-23H,2,10,12-13H2,1H3. The van der Waals surface area contributed by atoms with Gasteiger partial charge in [-0.1, -0.05) is 37.3 Å². The molecule has 0 radical (unpaired) electrons. The highest BCUT2D eigenvalue weighted by Gasteiger charge is 2.11. The maximum absolute atomic E-state index is 12.7. The van der Waals surface area contributed by atoms with Gasteiger partial charge in [-0.05, 0) is 30.7 Å². The highest BCUT2D eigenvalue weighted by molar-refractivity contribution is 5.82. The summed E-state index contributed by atoms with van der Waals surface area (Å²) < 4.78 is 11.3. The van der Waals surface area contributed by atoms with Crippen LogP contribution >= 0.6 is 0 Å². The molecule has 0 spiro atoms. The van der Waals surface area contributed by atoms with Crippen LogP contribution in [0.3, 0.4) is 0 Å². The van der Waals surface area contributed by atoms with Crippen molar-refractivity contribution in [2.75, 3.05) is 19.7 Å². The summed E-state index contributed by atoms with van der Waals surface area (Å²) in [6, 6.07) is 14.5. The van der Waals surface area contributed by atoms with Crippen LogP contribution in [-0.2, 0) is 0 Å². The van der Waals surface area contributed by atoms with Crippen molar-refractivity contribution in [3.05, 3.63) is 65.0 Å². The number of aliphatic hydroxyl groups is 1. The molecule has 0 saturated heterocycles. The molecule has 136 valence electrons. The molecule has 26 heavy (non-hydrogen) atoms. The van der Waals surface area contributed by atoms with Crippen molar-refractivity contribution in [2.45, 2.75) is 19.4 Å². The minimum Gasteiger partial charge on any atom is -0.491 e. The number of fused-ring (bicyclic) bond motifs is 1. The zero-order chi connectivity index (χ0) is 18.4. The molecule has 5 nitrogen and oxygen atoms in total. The molecule has 0 saturated carbocycles. The van der Waals surface area contributed by atoms with Gasteiger partial charge in [-0.25, -0.2) is 0 Å². The maximum Gasteiger partial charge on any atom is 0.200 e. The number of benzene rings is 2. The second kappa shape index (κ2) is 8.65. The van der Waals surface area contributed by atoms with E-state index >= 15 is 0 Å². The molecule has 3 aromatic rings. The first-order valence-corrected chi connectivity index (χ1v) is 8.81. The minimum absolute atomic E-state index is 0.0761. The van der Waals surface area contributed by atoms with Gasteiger partial charge in [0.1, 0.15) is 30.3 Å². The number of nitrogens with one attached hydrogen (secondary N) is 1. The third kappa shape index (κ3) is 4.31. The van der Waals surface area contributed by atoms with Crippen molar-refractivity contribution in [3.63, 3.8) is 0 Å². The lowest BCUT2D eigenvalue weighted by atomic mass is 10.1. The molecule has 0 aliphatic rings. The Balaban J connectivity index is 1.75. The Hall–Kier alpha value is -2.63. The Morgan fingerprint density at radius 1 is 1.19 bits per heavy atom. The summed E-state index contributed by atoms with van der Waals surface area (Å²) in [5, 5.41) is 13.5. The molecular formula is C21H23NO4. The van der Waals surface area contributed by atoms with E-state index in [2.05, 4.69) is 12.2 Å². The molecule has 0 fully saturated rings. The van der Waals surface area contributed by atoms with Crippen molar-refractivity contribution in [2.24, 2.45) is 0 Å². The van der Waals surface area contributed by atoms with E-state index in [4.69, 9.17) is 9.15 Å². The Morgan fingerprint density at radius 2 is 2.00 bits per heavy atom. The number of hydrogen-bond acceptors (Lipinski definition) is 5. The zero-order valence-corrected chi connectivity index (χ0v) is 14.8. The molecule has 1 heterocycles. The van der Waals surface area contributed by atoms with E-state index in [1.807, 2.05) is 30.3 Å². The molecule has 2 N–H and O–H groups in total. The highest BCUT2D eigenvalue weighted by atomic mass is 16.5. The lowest BCUT2D eigenvalue weighted by Crippen LogP contribution is -2.31. The fraction of sp³-hybridized carbons (Fsp3) is 0.286. The van der Waals surface area contributed by atoms with Gasteiger partial charge in [-0.3, -0.25) is 4.79 Å². The zero-order valence-electron chi connectivity index (χ0n) is 14.8. The van der Waals surface area contributed by atoms with Crippen molar-refractivity contribution < 1.29 is 14.3 Å². The molecule has 1 atom stereocenters. The average molecular weight is 353 g/mol. The van der Waals surface area contributed by atoms with Crippen LogP contribution in [0.4, 0.5) is 0 Å². The molecule has 0 aliphatic heterocycles. The van der Waals surface area contributed by atoms with E-state index in [0.717, 1.165) is 18.5 Å². The van der Waals surface area contributed by atoms with Crippen LogP contribution in [0.5, 0.6) is 5.75 Å². The highest BCUT2D eigenvalue weighted by Crippen LogP contribution is 2.23. The third-order valence-corrected chi connectivity index (χ3v) is 4.08. The number of aliphatic hydroxyl groups excluding tert-OH is 1. The second-order valence-electron chi connectivity index (χ2n) is 6.17. The Labute approximate surface area is 152 Å². The quantitative estimate of drug-likeness (QED) is 0.609. The van der Waals surface area contributed by atoms with Crippen LogP contribution in [0.2, 0.25) is 0 Å². The van der Waals surface area contributed by atoms with Gasteiger partial charge >= 0.3 is 0 Å². The summed E-state index contributed by atoms with van der Waals surface area (Å²) in [6.45, 7) is 3.59. The first-order chi connectivity index (χ1) is 12.7. The van der Waals surface area contributed by atoms with Crippen LogP contribution in [0, 0.1) is 0 Å². The van der Waals surface area contributed by atoms with Crippen molar-refractivity contribution in [3.8, 4) is 16.9 Å². The Bertz CT molecular complexity index is 905. The monoisotopic (exact) mass is 353 g/mol. The van der Waals surface area contributed by atoms with Gasteiger partial charge in [-0.15, -0.1) is 0 Å². The van der Waals surface area contributed by atoms with Gasteiger partial charge < -0.3 is 19.6 Å². The molecule has 0 amide bonds. The average Bonchev–Trinajstić information content (AvgIpc) is 2.67. The summed E-state index contributed by atoms with van der Waals surface area (Å²) in [4.78, 5) is 12.7. The third-order valence-electron chi connectivity index (χ3n) is 4.08. The SMILES string of the molecule is CCCNCC(O)COc1ccc2c(=O)c(-c3ccccc3)coc2c1. The summed E-state index contributed by atoms with van der Waals surface area (Å²) in [6.07, 6.45) is 1.90. The number of rotatable bonds is 8. The predicted octanol–water partition coefficient (Wildman–Crippen LogP) is 3.20. The van der Waals surface area contributed by atoms with E-state index in [9.17, 15) is 9.90 Å². The van der Waals surface area contributed by atoms with Gasteiger partial charge in [0.15, 0.2) is 5.43 Å². The van der Waals surface area contributed by atoms with Gasteiger partial charge in [-0.2, -0.15) is 0 Å². The Morgan fingerprint density at radius 3 is 2.77 bits per heavy atom. The Kier molecular flexibility index (Phi) is 6.04. The molecule has 0 bridgehead atoms. The maximum atomic E-state index is 12.7. The molecule has 2 aromatic carbocycles. The summed E-state index contributed by atoms with van der Waals surface area (Å²) >= 11 is 0. The molecule has 3 rings (SSSR count). The second-order valence-corrected chi connectivity index (χ2v) is 6.17. The van der Waals surface area contributed by atoms with Crippen LogP contribution in [0.25, 0.3) is 22.1 Å². The van der Waals surface area contributed by atoms with E-state index < -0.39 is 6.10 Å². The normalized spacial score (nSPS) is 12.2. The fourth-order valence-electron chi connectivity index (χ4n) is 2.71. The van der Waals surface area contributed by atoms with Gasteiger partial charge in [0.05, 0.1) is 10.9 Å². The molecular weight excluding hydrogens is 330 g/mol. The van der Waals surface area contributed by atoms with Crippen molar-refractivity contribution in [1.82, 2.24) is 5.32 Å². The van der Waals surface area contributed by atoms with Crippen LogP contribution in [0.1, 0.15) is 13.3 Å². The van der Waals surface area contributed by atoms with E-state index in [1.54, 1.807) is 18.2 Å². The smallest absolute Gasteiger partial charge is 0.200 e. The molecule has 1 unspecified atom stereocenters. The van der Waals surface area contributed by atoms with Crippen molar-refractivity contribution in [1.29, 1.82) is 0 Å². The van der Waals surface area contributed by atoms with Crippen LogP contribution in [0.15, 0.2) is 64.0 Å². The van der Waals surface area contributed by atoms with E-state index in [1.165, 1.54) is 6.26 Å². The number of hydrogen-bond donors (Lipinski definition) is 2. The molecule has 1 aromatic heterocycles. The first-order valence-electron chi connectivity index (χ1n) is 8.81. The van der Waals surface area contributed by atoms with Gasteiger partial charge in [0.2, 0.25) is 0 Å². The van der Waals surface area contributed by atoms with Gasteiger partial charge in [0.25, 0.3) is 0 Å². The molecule has 0 aliphatic carbocycles. The fourth-order valence-corrected chi connectivity index (χ4v) is 2.71. The van der Waals surface area contributed by atoms with Crippen molar-refractivity contribution >= 4 is 11.0 Å². The molecule has 5 heteroatoms.